The second-order valence-electron chi connectivity index (χ2n) is 7.16. The zero-order chi connectivity index (χ0) is 16.0. The highest BCUT2D eigenvalue weighted by Crippen LogP contribution is 2.35. The summed E-state index contributed by atoms with van der Waals surface area (Å²) < 4.78 is 0. The van der Waals surface area contributed by atoms with Gasteiger partial charge in [0.1, 0.15) is 5.54 Å². The monoisotopic (exact) mass is 313 g/mol. The predicted octanol–water partition coefficient (Wildman–Crippen LogP) is 1.46. The van der Waals surface area contributed by atoms with E-state index in [0.29, 0.717) is 0 Å². The first-order chi connectivity index (χ1) is 11.1. The summed E-state index contributed by atoms with van der Waals surface area (Å²) in [5.41, 5.74) is 1.77. The number of amides is 3. The summed E-state index contributed by atoms with van der Waals surface area (Å²) in [5, 5.41) is 6.34. The zero-order valence-electron chi connectivity index (χ0n) is 13.5. The van der Waals surface area contributed by atoms with Crippen molar-refractivity contribution in [1.82, 2.24) is 15.5 Å². The molecule has 0 radical (unpaired) electrons. The van der Waals surface area contributed by atoms with Crippen LogP contribution in [0.3, 0.4) is 0 Å². The fourth-order valence-electron chi connectivity index (χ4n) is 4.40. The smallest absolute Gasteiger partial charge is 0.323 e. The van der Waals surface area contributed by atoms with Crippen LogP contribution in [0.15, 0.2) is 24.3 Å². The van der Waals surface area contributed by atoms with Gasteiger partial charge in [0.2, 0.25) is 0 Å². The van der Waals surface area contributed by atoms with Crippen molar-refractivity contribution in [3.05, 3.63) is 35.4 Å². The van der Waals surface area contributed by atoms with Crippen LogP contribution >= 0.6 is 0 Å². The SMILES string of the molecule is CC1(C2CCNCC2)NC(=O)N(C2Cc3ccccc3C2)C1=O. The lowest BCUT2D eigenvalue weighted by atomic mass is 9.79. The van der Waals surface area contributed by atoms with Gasteiger partial charge in [-0.3, -0.25) is 9.69 Å². The first kappa shape index (κ1) is 14.7. The minimum atomic E-state index is -0.742. The Balaban J connectivity index is 1.57. The van der Waals surface area contributed by atoms with Crippen LogP contribution < -0.4 is 10.6 Å². The Morgan fingerprint density at radius 3 is 2.30 bits per heavy atom. The van der Waals surface area contributed by atoms with E-state index in [1.807, 2.05) is 19.1 Å². The second-order valence-corrected chi connectivity index (χ2v) is 7.16. The summed E-state index contributed by atoms with van der Waals surface area (Å²) in [6.45, 7) is 3.74. The summed E-state index contributed by atoms with van der Waals surface area (Å²) in [4.78, 5) is 27.2. The van der Waals surface area contributed by atoms with Gasteiger partial charge in [0.05, 0.1) is 0 Å². The number of nitrogens with zero attached hydrogens (tertiary/aromatic N) is 1. The normalized spacial score (nSPS) is 29.0. The number of carbonyl (C=O) groups excluding carboxylic acids is 2. The van der Waals surface area contributed by atoms with Gasteiger partial charge in [-0.15, -0.1) is 0 Å². The number of imide groups is 1. The molecule has 5 heteroatoms. The van der Waals surface area contributed by atoms with Crippen LogP contribution in [0.5, 0.6) is 0 Å². The molecule has 5 nitrogen and oxygen atoms in total. The average molecular weight is 313 g/mol. The summed E-state index contributed by atoms with van der Waals surface area (Å²) in [6, 6.07) is 7.98. The molecule has 122 valence electrons. The molecule has 2 saturated heterocycles. The molecule has 0 bridgehead atoms. The van der Waals surface area contributed by atoms with Gasteiger partial charge in [-0.05, 0) is 62.7 Å². The lowest BCUT2D eigenvalue weighted by molar-refractivity contribution is -0.134. The van der Waals surface area contributed by atoms with Crippen molar-refractivity contribution in [2.45, 2.75) is 44.2 Å². The fraction of sp³-hybridized carbons (Fsp3) is 0.556. The van der Waals surface area contributed by atoms with Crippen LogP contribution in [-0.4, -0.2) is 41.5 Å². The molecular formula is C18H23N3O2. The van der Waals surface area contributed by atoms with E-state index in [2.05, 4.69) is 22.8 Å². The van der Waals surface area contributed by atoms with Gasteiger partial charge in [-0.2, -0.15) is 0 Å². The molecule has 23 heavy (non-hydrogen) atoms. The third kappa shape index (κ3) is 2.26. The maximum atomic E-state index is 13.1. The second kappa shape index (κ2) is 5.34. The average Bonchev–Trinajstić information content (AvgIpc) is 3.07. The first-order valence-corrected chi connectivity index (χ1v) is 8.53. The van der Waals surface area contributed by atoms with E-state index in [1.54, 1.807) is 0 Å². The third-order valence-electron chi connectivity index (χ3n) is 5.80. The van der Waals surface area contributed by atoms with E-state index in [1.165, 1.54) is 16.0 Å². The van der Waals surface area contributed by atoms with Crippen molar-refractivity contribution >= 4 is 11.9 Å². The number of carbonyl (C=O) groups is 2. The summed E-state index contributed by atoms with van der Waals surface area (Å²) in [7, 11) is 0. The van der Waals surface area contributed by atoms with E-state index in [-0.39, 0.29) is 23.9 Å². The molecule has 3 aliphatic rings. The number of urea groups is 1. The van der Waals surface area contributed by atoms with Crippen molar-refractivity contribution < 1.29 is 9.59 Å². The predicted molar refractivity (Wildman–Crippen MR) is 87.0 cm³/mol. The Morgan fingerprint density at radius 1 is 1.09 bits per heavy atom. The number of benzene rings is 1. The highest BCUT2D eigenvalue weighted by atomic mass is 16.2. The van der Waals surface area contributed by atoms with Crippen LogP contribution in [0.1, 0.15) is 30.9 Å². The van der Waals surface area contributed by atoms with Crippen LogP contribution in [0, 0.1) is 5.92 Å². The topological polar surface area (TPSA) is 61.4 Å². The van der Waals surface area contributed by atoms with Crippen molar-refractivity contribution in [1.29, 1.82) is 0 Å². The van der Waals surface area contributed by atoms with E-state index in [4.69, 9.17) is 0 Å². The lowest BCUT2D eigenvalue weighted by Gasteiger charge is -2.35. The molecular weight excluding hydrogens is 290 g/mol. The van der Waals surface area contributed by atoms with Gasteiger partial charge in [0.15, 0.2) is 0 Å². The lowest BCUT2D eigenvalue weighted by Crippen LogP contribution is -2.54. The Labute approximate surface area is 136 Å². The molecule has 2 N–H and O–H groups in total. The zero-order valence-corrected chi connectivity index (χ0v) is 13.5. The molecule has 0 spiro atoms. The van der Waals surface area contributed by atoms with Gasteiger partial charge in [-0.25, -0.2) is 4.79 Å². The molecule has 2 aliphatic heterocycles. The van der Waals surface area contributed by atoms with Gasteiger partial charge >= 0.3 is 6.03 Å². The first-order valence-electron chi connectivity index (χ1n) is 8.53. The maximum absolute atomic E-state index is 13.1. The van der Waals surface area contributed by atoms with Crippen LogP contribution in [0.4, 0.5) is 4.79 Å². The molecule has 2 heterocycles. The minimum Gasteiger partial charge on any atom is -0.323 e. The van der Waals surface area contributed by atoms with Crippen LogP contribution in [-0.2, 0) is 17.6 Å². The van der Waals surface area contributed by atoms with Gasteiger partial charge in [0, 0.05) is 6.04 Å². The molecule has 0 saturated carbocycles. The van der Waals surface area contributed by atoms with E-state index >= 15 is 0 Å². The van der Waals surface area contributed by atoms with E-state index in [0.717, 1.165) is 38.8 Å². The highest BCUT2D eigenvalue weighted by molar-refractivity contribution is 6.07. The molecule has 1 atom stereocenters. The maximum Gasteiger partial charge on any atom is 0.325 e. The molecule has 1 aliphatic carbocycles. The third-order valence-corrected chi connectivity index (χ3v) is 5.80. The molecule has 2 fully saturated rings. The Hall–Kier alpha value is -1.88. The molecule has 1 aromatic rings. The van der Waals surface area contributed by atoms with Crippen LogP contribution in [0.25, 0.3) is 0 Å². The number of fused-ring (bicyclic) bond motifs is 1. The van der Waals surface area contributed by atoms with Gasteiger partial charge < -0.3 is 10.6 Å². The largest absolute Gasteiger partial charge is 0.325 e. The highest BCUT2D eigenvalue weighted by Gasteiger charge is 2.54. The number of hydrogen-bond donors (Lipinski definition) is 2. The van der Waals surface area contributed by atoms with Gasteiger partial charge in [0.25, 0.3) is 5.91 Å². The van der Waals surface area contributed by atoms with Crippen molar-refractivity contribution in [2.24, 2.45) is 5.92 Å². The molecule has 1 aromatic carbocycles. The number of hydrogen-bond acceptors (Lipinski definition) is 3. The number of rotatable bonds is 2. The van der Waals surface area contributed by atoms with Gasteiger partial charge in [-0.1, -0.05) is 24.3 Å². The van der Waals surface area contributed by atoms with E-state index in [9.17, 15) is 9.59 Å². The molecule has 3 amide bonds. The summed E-state index contributed by atoms with van der Waals surface area (Å²) in [6.07, 6.45) is 3.41. The Kier molecular flexibility index (Phi) is 3.41. The standard InChI is InChI=1S/C18H23N3O2/c1-18(14-6-8-19-9-7-14)16(22)21(17(23)20-18)15-10-12-4-2-3-5-13(12)11-15/h2-5,14-15,19H,6-11H2,1H3,(H,20,23). The molecule has 4 rings (SSSR count). The fourth-order valence-corrected chi connectivity index (χ4v) is 4.40. The van der Waals surface area contributed by atoms with Crippen molar-refractivity contribution in [2.75, 3.05) is 13.1 Å². The Bertz CT molecular complexity index is 628. The number of piperidine rings is 1. The van der Waals surface area contributed by atoms with Crippen molar-refractivity contribution in [3.8, 4) is 0 Å². The molecule has 1 unspecified atom stereocenters. The van der Waals surface area contributed by atoms with Crippen LogP contribution in [0.2, 0.25) is 0 Å². The number of nitrogens with one attached hydrogen (secondary N) is 2. The Morgan fingerprint density at radius 2 is 1.70 bits per heavy atom. The van der Waals surface area contributed by atoms with Crippen molar-refractivity contribution in [3.63, 3.8) is 0 Å². The molecule has 0 aromatic heterocycles. The minimum absolute atomic E-state index is 0.0350. The quantitative estimate of drug-likeness (QED) is 0.813. The summed E-state index contributed by atoms with van der Waals surface area (Å²) >= 11 is 0. The van der Waals surface area contributed by atoms with E-state index < -0.39 is 5.54 Å². The summed E-state index contributed by atoms with van der Waals surface area (Å²) in [5.74, 6) is 0.182.